The first kappa shape index (κ1) is 34.7. The summed E-state index contributed by atoms with van der Waals surface area (Å²) in [7, 11) is -4.68. The summed E-state index contributed by atoms with van der Waals surface area (Å²) in [4.78, 5) is 0. The number of aliphatic hydroxyl groups excluding tert-OH is 5. The van der Waals surface area contributed by atoms with Crippen LogP contribution in [0.3, 0.4) is 0 Å². The minimum absolute atomic E-state index is 0.0325. The minimum Gasteiger partial charge on any atom is -0.494 e. The molecule has 46 heavy (non-hydrogen) atoms. The van der Waals surface area contributed by atoms with E-state index in [0.717, 1.165) is 49.9 Å². The van der Waals surface area contributed by atoms with Gasteiger partial charge in [-0.05, 0) is 80.1 Å². The molecule has 6 aliphatic rings. The molecule has 4 fully saturated rings. The molecule has 6 N–H and O–H groups in total. The molecule has 2 aliphatic heterocycles. The summed E-state index contributed by atoms with van der Waals surface area (Å²) in [6.45, 7) is 8.44. The van der Waals surface area contributed by atoms with Gasteiger partial charge >= 0.3 is 10.4 Å². The molecule has 0 aromatic rings. The number of allylic oxidation sites excluding steroid dienone is 2. The first-order valence-electron chi connectivity index (χ1n) is 16.9. The van der Waals surface area contributed by atoms with Gasteiger partial charge in [-0.25, -0.2) is 4.18 Å². The van der Waals surface area contributed by atoms with E-state index in [0.29, 0.717) is 24.2 Å². The number of hydrogen-bond acceptors (Lipinski definition) is 11. The van der Waals surface area contributed by atoms with Crippen molar-refractivity contribution < 1.29 is 56.9 Å². The lowest BCUT2D eigenvalue weighted by Crippen LogP contribution is -2.59. The van der Waals surface area contributed by atoms with Crippen LogP contribution in [0.1, 0.15) is 79.1 Å². The van der Waals surface area contributed by atoms with E-state index in [1.54, 1.807) is 0 Å². The van der Waals surface area contributed by atoms with Crippen LogP contribution in [0, 0.1) is 40.4 Å². The maximum absolute atomic E-state index is 11.8. The van der Waals surface area contributed by atoms with Gasteiger partial charge in [0, 0.05) is 24.2 Å². The van der Waals surface area contributed by atoms with E-state index in [4.69, 9.17) is 18.4 Å². The molecule has 1 unspecified atom stereocenters. The van der Waals surface area contributed by atoms with Gasteiger partial charge in [0.05, 0.1) is 31.2 Å². The van der Waals surface area contributed by atoms with Crippen LogP contribution in [-0.4, -0.2) is 101 Å². The Morgan fingerprint density at radius 2 is 1.83 bits per heavy atom. The zero-order chi connectivity index (χ0) is 33.3. The van der Waals surface area contributed by atoms with Gasteiger partial charge < -0.3 is 39.7 Å². The summed E-state index contributed by atoms with van der Waals surface area (Å²) < 4.78 is 56.5. The van der Waals surface area contributed by atoms with Crippen molar-refractivity contribution in [3.05, 3.63) is 23.0 Å². The van der Waals surface area contributed by atoms with Crippen LogP contribution < -0.4 is 0 Å². The van der Waals surface area contributed by atoms with E-state index in [1.165, 1.54) is 5.57 Å². The molecule has 0 aromatic carbocycles. The number of fused-ring (bicyclic) bond motifs is 7. The minimum atomic E-state index is -4.68. The quantitative estimate of drug-likeness (QED) is 0.155. The predicted molar refractivity (Wildman–Crippen MR) is 164 cm³/mol. The van der Waals surface area contributed by atoms with Gasteiger partial charge in [0.15, 0.2) is 6.29 Å². The lowest BCUT2D eigenvalue weighted by molar-refractivity contribution is -0.303. The highest BCUT2D eigenvalue weighted by molar-refractivity contribution is 7.80. The van der Waals surface area contributed by atoms with E-state index in [-0.39, 0.29) is 36.4 Å². The molecule has 13 heteroatoms. The molecular formula is C33H52O12S. The zero-order valence-corrected chi connectivity index (χ0v) is 28.0. The van der Waals surface area contributed by atoms with Gasteiger partial charge in [-0.3, -0.25) is 4.55 Å². The van der Waals surface area contributed by atoms with E-state index >= 15 is 0 Å². The van der Waals surface area contributed by atoms with Crippen molar-refractivity contribution in [3.8, 4) is 0 Å². The number of aliphatic hydroxyl groups is 5. The number of ether oxygens (including phenoxy) is 3. The molecule has 6 rings (SSSR count). The molecule has 0 amide bonds. The lowest BCUT2D eigenvalue weighted by Gasteiger charge is -2.59. The van der Waals surface area contributed by atoms with Crippen molar-refractivity contribution >= 4 is 10.4 Å². The Labute approximate surface area is 271 Å². The average Bonchev–Trinajstić information content (AvgIpc) is 3.47. The molecule has 4 aliphatic carbocycles. The standard InChI is InChI=1S/C33H52O12S/c1-16(15-42-31-30(38)29(37)28(36)25(14-34)44-31)5-8-23-17(2)27-24(43-23)13-22-20-7-6-18-11-19(35)12-26(45-46(39,40)41)33(18,4)21(20)9-10-32(22,27)3/h6,16,19-22,24-31,34-38H,5,7-15H2,1-4H3,(H,39,40,41)/t16?,19-,20-,21+,22+,24+,25-,26-,27+,28-,29+,30-,31-,32+,33+/m1/s1. The second kappa shape index (κ2) is 12.6. The first-order valence-corrected chi connectivity index (χ1v) is 18.3. The van der Waals surface area contributed by atoms with Crippen LogP contribution in [0.15, 0.2) is 23.0 Å². The largest absolute Gasteiger partial charge is 0.494 e. The fourth-order valence-corrected chi connectivity index (χ4v) is 11.0. The molecule has 0 aromatic heterocycles. The Bertz CT molecular complexity index is 1320. The van der Waals surface area contributed by atoms with Crippen molar-refractivity contribution in [1.29, 1.82) is 0 Å². The van der Waals surface area contributed by atoms with E-state index in [1.807, 2.05) is 6.92 Å². The molecule has 12 nitrogen and oxygen atoms in total. The highest BCUT2D eigenvalue weighted by atomic mass is 32.3. The van der Waals surface area contributed by atoms with Gasteiger partial charge in [-0.15, -0.1) is 0 Å². The van der Waals surface area contributed by atoms with Gasteiger partial charge in [-0.1, -0.05) is 32.4 Å². The fourth-order valence-electron chi connectivity index (χ4n) is 10.5. The topological polar surface area (TPSA) is 192 Å². The van der Waals surface area contributed by atoms with Crippen LogP contribution in [0.4, 0.5) is 0 Å². The summed E-state index contributed by atoms with van der Waals surface area (Å²) >= 11 is 0. The Morgan fingerprint density at radius 1 is 1.09 bits per heavy atom. The van der Waals surface area contributed by atoms with Crippen molar-refractivity contribution in [1.82, 2.24) is 0 Å². The van der Waals surface area contributed by atoms with E-state index < -0.39 is 65.3 Å². The summed E-state index contributed by atoms with van der Waals surface area (Å²) in [5, 5.41) is 50.3. The van der Waals surface area contributed by atoms with Crippen molar-refractivity contribution in [2.24, 2.45) is 40.4 Å². The van der Waals surface area contributed by atoms with Crippen molar-refractivity contribution in [3.63, 3.8) is 0 Å². The maximum atomic E-state index is 11.8. The third-order valence-corrected chi connectivity index (χ3v) is 13.3. The molecule has 0 radical (unpaired) electrons. The SMILES string of the molecule is CC1=C(CCC(C)CO[C@@H]2O[C@H](CO)[C@@H](O)[C@H](O)[C@H]2O)O[C@H]2C[C@H]3[C@@H]4CC=C5C[C@@H](O)C[C@@H](OS(=O)(=O)O)[C@]5(C)[C@H]4CC[C@]3(C)[C@@H]12. The number of rotatable bonds is 9. The Balaban J connectivity index is 1.10. The Kier molecular flexibility index (Phi) is 9.54. The fraction of sp³-hybridized carbons (Fsp3) is 0.879. The van der Waals surface area contributed by atoms with Crippen molar-refractivity contribution in [2.75, 3.05) is 13.2 Å². The van der Waals surface area contributed by atoms with Gasteiger partial charge in [0.25, 0.3) is 0 Å². The Morgan fingerprint density at radius 3 is 2.52 bits per heavy atom. The smallest absolute Gasteiger partial charge is 0.397 e. The number of hydrogen-bond donors (Lipinski definition) is 6. The van der Waals surface area contributed by atoms with Crippen LogP contribution in [-0.2, 0) is 28.8 Å². The summed E-state index contributed by atoms with van der Waals surface area (Å²) in [5.41, 5.74) is 1.79. The second-order valence-electron chi connectivity index (χ2n) is 15.4. The Hall–Kier alpha value is -1.13. The lowest BCUT2D eigenvalue weighted by atomic mass is 9.46. The third-order valence-electron chi connectivity index (χ3n) is 12.8. The predicted octanol–water partition coefficient (Wildman–Crippen LogP) is 2.24. The molecule has 2 heterocycles. The summed E-state index contributed by atoms with van der Waals surface area (Å²) in [5.74, 6) is 2.29. The monoisotopic (exact) mass is 672 g/mol. The molecule has 0 bridgehead atoms. The average molecular weight is 673 g/mol. The van der Waals surface area contributed by atoms with Gasteiger partial charge in [-0.2, -0.15) is 8.42 Å². The van der Waals surface area contributed by atoms with Crippen LogP contribution in [0.2, 0.25) is 0 Å². The molecule has 1 saturated heterocycles. The first-order chi connectivity index (χ1) is 21.6. The van der Waals surface area contributed by atoms with Crippen LogP contribution in [0.25, 0.3) is 0 Å². The third kappa shape index (κ3) is 5.90. The summed E-state index contributed by atoms with van der Waals surface area (Å²) in [6.07, 6.45) is 0.176. The maximum Gasteiger partial charge on any atom is 0.397 e. The molecule has 0 spiro atoms. The van der Waals surface area contributed by atoms with Crippen LogP contribution >= 0.6 is 0 Å². The molecular weight excluding hydrogens is 620 g/mol. The molecule has 3 saturated carbocycles. The summed E-state index contributed by atoms with van der Waals surface area (Å²) in [6, 6.07) is 0. The second-order valence-corrected chi connectivity index (χ2v) is 16.5. The van der Waals surface area contributed by atoms with Gasteiger partial charge in [0.1, 0.15) is 30.5 Å². The van der Waals surface area contributed by atoms with E-state index in [2.05, 4.69) is 26.8 Å². The van der Waals surface area contributed by atoms with Crippen LogP contribution in [0.5, 0.6) is 0 Å². The normalized spacial score (nSPS) is 47.7. The molecule has 15 atom stereocenters. The zero-order valence-electron chi connectivity index (χ0n) is 27.2. The highest BCUT2D eigenvalue weighted by Crippen LogP contribution is 2.69. The molecule has 262 valence electrons. The van der Waals surface area contributed by atoms with Crippen molar-refractivity contribution in [2.45, 2.75) is 128 Å². The van der Waals surface area contributed by atoms with E-state index in [9.17, 15) is 38.5 Å². The van der Waals surface area contributed by atoms with Gasteiger partial charge in [0.2, 0.25) is 0 Å². The highest BCUT2D eigenvalue weighted by Gasteiger charge is 2.65.